The predicted molar refractivity (Wildman–Crippen MR) is 67.0 cm³/mol. The Morgan fingerprint density at radius 1 is 1.42 bits per heavy atom. The van der Waals surface area contributed by atoms with Crippen LogP contribution >= 0.6 is 0 Å². The molecule has 0 spiro atoms. The van der Waals surface area contributed by atoms with Crippen molar-refractivity contribution in [3.8, 4) is 0 Å². The Hall–Kier alpha value is -1.15. The van der Waals surface area contributed by atoms with Gasteiger partial charge in [-0.3, -0.25) is 9.59 Å². The molecule has 1 aliphatic rings. The van der Waals surface area contributed by atoms with Crippen LogP contribution in [0.25, 0.3) is 0 Å². The lowest BCUT2D eigenvalue weighted by molar-refractivity contribution is -0.143. The molecule has 1 rings (SSSR count). The van der Waals surface area contributed by atoms with Crippen molar-refractivity contribution >= 4 is 22.0 Å². The Morgan fingerprint density at radius 3 is 2.68 bits per heavy atom. The molecule has 19 heavy (non-hydrogen) atoms. The van der Waals surface area contributed by atoms with E-state index in [1.54, 1.807) is 6.92 Å². The van der Waals surface area contributed by atoms with E-state index in [1.807, 2.05) is 0 Å². The Balaban J connectivity index is 2.52. The molecule has 1 atom stereocenters. The topological polar surface area (TPSA) is 101 Å². The van der Waals surface area contributed by atoms with Crippen molar-refractivity contribution < 1.29 is 27.9 Å². The minimum atomic E-state index is -3.62. The first kappa shape index (κ1) is 15.9. The fourth-order valence-electron chi connectivity index (χ4n) is 2.07. The summed E-state index contributed by atoms with van der Waals surface area (Å²) in [5.74, 6) is -1.78. The predicted octanol–water partition coefficient (Wildman–Crippen LogP) is 0.208. The van der Waals surface area contributed by atoms with Gasteiger partial charge in [-0.25, -0.2) is 8.42 Å². The maximum atomic E-state index is 12.0. The number of carbonyl (C=O) groups is 2. The summed E-state index contributed by atoms with van der Waals surface area (Å²) in [6.45, 7) is 2.17. The molecule has 0 aromatic carbocycles. The van der Waals surface area contributed by atoms with Gasteiger partial charge in [-0.1, -0.05) is 0 Å². The third kappa shape index (κ3) is 4.46. The third-order valence-corrected chi connectivity index (χ3v) is 4.89. The van der Waals surface area contributed by atoms with E-state index in [-0.39, 0.29) is 31.7 Å². The first-order valence-electron chi connectivity index (χ1n) is 6.26. The van der Waals surface area contributed by atoms with Crippen LogP contribution in [0.15, 0.2) is 0 Å². The van der Waals surface area contributed by atoms with E-state index in [4.69, 9.17) is 9.84 Å². The molecular weight excluding hydrogens is 274 g/mol. The summed E-state index contributed by atoms with van der Waals surface area (Å²) in [7, 11) is -3.62. The summed E-state index contributed by atoms with van der Waals surface area (Å²) in [5, 5.41) is 8.95. The van der Waals surface area contributed by atoms with Crippen molar-refractivity contribution in [1.82, 2.24) is 4.31 Å². The zero-order chi connectivity index (χ0) is 14.5. The van der Waals surface area contributed by atoms with Crippen molar-refractivity contribution in [3.05, 3.63) is 0 Å². The van der Waals surface area contributed by atoms with Gasteiger partial charge in [0.05, 0.1) is 12.4 Å². The molecule has 1 saturated heterocycles. The second-order valence-electron chi connectivity index (χ2n) is 4.33. The normalized spacial score (nSPS) is 20.4. The molecule has 0 bridgehead atoms. The third-order valence-electron chi connectivity index (χ3n) is 2.93. The zero-order valence-electron chi connectivity index (χ0n) is 10.9. The Labute approximate surface area is 112 Å². The summed E-state index contributed by atoms with van der Waals surface area (Å²) in [6.07, 6.45) is 1.06. The number of ether oxygens (including phenoxy) is 1. The molecule has 0 amide bonds. The smallest absolute Gasteiger partial charge is 0.322 e. The van der Waals surface area contributed by atoms with Gasteiger partial charge in [-0.05, 0) is 26.2 Å². The summed E-state index contributed by atoms with van der Waals surface area (Å²) in [4.78, 5) is 22.0. The number of carboxylic acids is 1. The number of rotatable bonds is 7. The van der Waals surface area contributed by atoms with Gasteiger partial charge in [0, 0.05) is 13.0 Å². The highest BCUT2D eigenvalue weighted by molar-refractivity contribution is 7.89. The fraction of sp³-hybridized carbons (Fsp3) is 0.818. The number of carboxylic acid groups (broad SMARTS) is 1. The number of sulfonamides is 1. The number of aliphatic carboxylic acids is 1. The van der Waals surface area contributed by atoms with Gasteiger partial charge in [0.1, 0.15) is 6.04 Å². The van der Waals surface area contributed by atoms with E-state index in [0.717, 1.165) is 4.31 Å². The average molecular weight is 293 g/mol. The largest absolute Gasteiger partial charge is 0.480 e. The Kier molecular flexibility index (Phi) is 5.74. The van der Waals surface area contributed by atoms with Crippen LogP contribution in [0.4, 0.5) is 0 Å². The van der Waals surface area contributed by atoms with Crippen LogP contribution in [0, 0.1) is 0 Å². The van der Waals surface area contributed by atoms with Crippen LogP contribution in [-0.4, -0.2) is 54.7 Å². The minimum absolute atomic E-state index is 0.0264. The maximum Gasteiger partial charge on any atom is 0.322 e. The Morgan fingerprint density at radius 2 is 2.11 bits per heavy atom. The van der Waals surface area contributed by atoms with Crippen molar-refractivity contribution in [2.45, 2.75) is 38.6 Å². The summed E-state index contributed by atoms with van der Waals surface area (Å²) < 4.78 is 29.7. The van der Waals surface area contributed by atoms with Crippen LogP contribution in [0.3, 0.4) is 0 Å². The van der Waals surface area contributed by atoms with Crippen molar-refractivity contribution in [1.29, 1.82) is 0 Å². The van der Waals surface area contributed by atoms with Crippen molar-refractivity contribution in [2.24, 2.45) is 0 Å². The molecule has 0 radical (unpaired) electrons. The SMILES string of the molecule is CCOC(=O)CCCS(=O)(=O)N1CCCC1C(=O)O. The molecule has 1 aliphatic heterocycles. The first-order chi connectivity index (χ1) is 8.88. The van der Waals surface area contributed by atoms with E-state index in [0.29, 0.717) is 12.8 Å². The molecule has 0 saturated carbocycles. The van der Waals surface area contributed by atoms with E-state index >= 15 is 0 Å². The maximum absolute atomic E-state index is 12.0. The summed E-state index contributed by atoms with van der Waals surface area (Å²) in [6, 6.07) is -0.965. The second kappa shape index (κ2) is 6.85. The standard InChI is InChI=1S/C11H19NO6S/c1-2-18-10(13)6-4-8-19(16,17)12-7-3-5-9(12)11(14)15/h9H,2-8H2,1H3,(H,14,15). The molecular formula is C11H19NO6S. The van der Waals surface area contributed by atoms with Gasteiger partial charge in [0.2, 0.25) is 10.0 Å². The molecule has 0 aliphatic carbocycles. The lowest BCUT2D eigenvalue weighted by Crippen LogP contribution is -2.41. The van der Waals surface area contributed by atoms with Gasteiger partial charge in [0.25, 0.3) is 0 Å². The molecule has 1 fully saturated rings. The molecule has 8 heteroatoms. The molecule has 7 nitrogen and oxygen atoms in total. The molecule has 110 valence electrons. The van der Waals surface area contributed by atoms with Crippen molar-refractivity contribution in [2.75, 3.05) is 18.9 Å². The molecule has 1 N–H and O–H groups in total. The molecule has 1 unspecified atom stereocenters. The van der Waals surface area contributed by atoms with Gasteiger partial charge in [-0.2, -0.15) is 4.31 Å². The Bertz CT molecular complexity index is 432. The summed E-state index contributed by atoms with van der Waals surface area (Å²) in [5.41, 5.74) is 0. The molecule has 1 heterocycles. The van der Waals surface area contributed by atoms with Gasteiger partial charge >= 0.3 is 11.9 Å². The van der Waals surface area contributed by atoms with E-state index in [1.165, 1.54) is 0 Å². The van der Waals surface area contributed by atoms with E-state index < -0.39 is 28.0 Å². The second-order valence-corrected chi connectivity index (χ2v) is 6.37. The van der Waals surface area contributed by atoms with Gasteiger partial charge < -0.3 is 9.84 Å². The molecule has 0 aromatic rings. The van der Waals surface area contributed by atoms with E-state index in [9.17, 15) is 18.0 Å². The number of esters is 1. The minimum Gasteiger partial charge on any atom is -0.480 e. The van der Waals surface area contributed by atoms with Crippen LogP contribution in [-0.2, 0) is 24.3 Å². The first-order valence-corrected chi connectivity index (χ1v) is 7.87. The van der Waals surface area contributed by atoms with Crippen molar-refractivity contribution in [3.63, 3.8) is 0 Å². The van der Waals surface area contributed by atoms with Crippen LogP contribution in [0.5, 0.6) is 0 Å². The van der Waals surface area contributed by atoms with E-state index in [2.05, 4.69) is 0 Å². The van der Waals surface area contributed by atoms with Gasteiger partial charge in [0.15, 0.2) is 0 Å². The number of nitrogens with zero attached hydrogens (tertiary/aromatic N) is 1. The zero-order valence-corrected chi connectivity index (χ0v) is 11.7. The molecule has 0 aromatic heterocycles. The van der Waals surface area contributed by atoms with Crippen LogP contribution in [0.2, 0.25) is 0 Å². The van der Waals surface area contributed by atoms with Crippen LogP contribution in [0.1, 0.15) is 32.6 Å². The highest BCUT2D eigenvalue weighted by Gasteiger charge is 2.38. The number of carbonyl (C=O) groups excluding carboxylic acids is 1. The summed E-state index contributed by atoms with van der Waals surface area (Å²) >= 11 is 0. The van der Waals surface area contributed by atoms with Gasteiger partial charge in [-0.15, -0.1) is 0 Å². The average Bonchev–Trinajstić information content (AvgIpc) is 2.78. The number of hydrogen-bond acceptors (Lipinski definition) is 5. The number of hydrogen-bond donors (Lipinski definition) is 1. The lowest BCUT2D eigenvalue weighted by atomic mass is 10.2. The monoisotopic (exact) mass is 293 g/mol. The highest BCUT2D eigenvalue weighted by atomic mass is 32.2. The fourth-order valence-corrected chi connectivity index (χ4v) is 3.80. The highest BCUT2D eigenvalue weighted by Crippen LogP contribution is 2.22. The van der Waals surface area contributed by atoms with Crippen LogP contribution < -0.4 is 0 Å². The lowest BCUT2D eigenvalue weighted by Gasteiger charge is -2.20. The quantitative estimate of drug-likeness (QED) is 0.673.